The van der Waals surface area contributed by atoms with E-state index in [-0.39, 0.29) is 6.02 Å². The number of hydrogen-bond donors (Lipinski definition) is 1. The minimum absolute atomic E-state index is 0.167. The number of amidine groups is 1. The van der Waals surface area contributed by atoms with Crippen molar-refractivity contribution in [2.45, 2.75) is 13.5 Å². The van der Waals surface area contributed by atoms with Gasteiger partial charge in [0, 0.05) is 12.4 Å². The molecule has 0 spiro atoms. The van der Waals surface area contributed by atoms with Gasteiger partial charge in [-0.25, -0.2) is 10.3 Å². The molecule has 1 heterocycles. The highest BCUT2D eigenvalue weighted by molar-refractivity contribution is 5.77. The fourth-order valence-corrected chi connectivity index (χ4v) is 1.61. The standard InChI is InChI=1S/C15H14N4O/c1-12-7-13(9-17-8-12)10-18-15(19-11-16)20-14-5-3-2-4-6-14/h2-9H,10H2,1H3,(H,18,19). The van der Waals surface area contributed by atoms with Crippen molar-refractivity contribution in [3.05, 3.63) is 59.9 Å². The molecule has 5 nitrogen and oxygen atoms in total. The van der Waals surface area contributed by atoms with Gasteiger partial charge in [-0.05, 0) is 30.2 Å². The minimum atomic E-state index is 0.167. The van der Waals surface area contributed by atoms with Crippen LogP contribution in [-0.4, -0.2) is 11.0 Å². The van der Waals surface area contributed by atoms with E-state index in [0.29, 0.717) is 12.3 Å². The van der Waals surface area contributed by atoms with Crippen LogP contribution in [0.5, 0.6) is 5.75 Å². The van der Waals surface area contributed by atoms with Gasteiger partial charge in [0.25, 0.3) is 0 Å². The maximum absolute atomic E-state index is 8.72. The Labute approximate surface area is 117 Å². The summed E-state index contributed by atoms with van der Waals surface area (Å²) < 4.78 is 5.50. The Bertz CT molecular complexity index is 632. The number of aryl methyl sites for hydroxylation is 1. The largest absolute Gasteiger partial charge is 0.425 e. The Balaban J connectivity index is 2.08. The molecule has 20 heavy (non-hydrogen) atoms. The molecule has 0 unspecified atom stereocenters. The lowest BCUT2D eigenvalue weighted by molar-refractivity contribution is 0.526. The summed E-state index contributed by atoms with van der Waals surface area (Å²) in [5.74, 6) is 0.622. The van der Waals surface area contributed by atoms with Crippen LogP contribution in [0.15, 0.2) is 53.8 Å². The molecule has 0 atom stereocenters. The first kappa shape index (κ1) is 13.6. The van der Waals surface area contributed by atoms with Crippen molar-refractivity contribution in [1.29, 1.82) is 5.26 Å². The second kappa shape index (κ2) is 6.90. The molecule has 2 aromatic rings. The lowest BCUT2D eigenvalue weighted by Crippen LogP contribution is -2.24. The van der Waals surface area contributed by atoms with Gasteiger partial charge in [0.1, 0.15) is 5.75 Å². The maximum Gasteiger partial charge on any atom is 0.304 e. The van der Waals surface area contributed by atoms with E-state index in [9.17, 15) is 0 Å². The van der Waals surface area contributed by atoms with Crippen molar-refractivity contribution >= 4 is 6.02 Å². The summed E-state index contributed by atoms with van der Waals surface area (Å²) in [6.45, 7) is 2.36. The average Bonchev–Trinajstić information content (AvgIpc) is 2.46. The van der Waals surface area contributed by atoms with Gasteiger partial charge in [-0.15, -0.1) is 0 Å². The monoisotopic (exact) mass is 266 g/mol. The van der Waals surface area contributed by atoms with Gasteiger partial charge >= 0.3 is 6.02 Å². The van der Waals surface area contributed by atoms with Crippen LogP contribution in [0.2, 0.25) is 0 Å². The van der Waals surface area contributed by atoms with Gasteiger partial charge in [-0.2, -0.15) is 5.26 Å². The predicted octanol–water partition coefficient (Wildman–Crippen LogP) is 2.40. The van der Waals surface area contributed by atoms with Gasteiger partial charge in [0.2, 0.25) is 0 Å². The number of benzene rings is 1. The lowest BCUT2D eigenvalue weighted by atomic mass is 10.2. The van der Waals surface area contributed by atoms with Crippen LogP contribution >= 0.6 is 0 Å². The Morgan fingerprint density at radius 3 is 2.85 bits per heavy atom. The average molecular weight is 266 g/mol. The molecule has 0 saturated heterocycles. The topological polar surface area (TPSA) is 70.3 Å². The SMILES string of the molecule is Cc1cncc(CN=C(NC#N)Oc2ccccc2)c1. The van der Waals surface area contributed by atoms with E-state index in [1.54, 1.807) is 24.5 Å². The van der Waals surface area contributed by atoms with Gasteiger partial charge in [-0.3, -0.25) is 4.98 Å². The number of para-hydroxylation sites is 1. The van der Waals surface area contributed by atoms with Crippen molar-refractivity contribution < 1.29 is 4.74 Å². The molecule has 1 N–H and O–H groups in total. The van der Waals surface area contributed by atoms with E-state index in [1.807, 2.05) is 37.4 Å². The molecular formula is C15H14N4O. The molecule has 0 amide bonds. The molecule has 100 valence electrons. The van der Waals surface area contributed by atoms with Crippen molar-refractivity contribution in [1.82, 2.24) is 10.3 Å². The second-order valence-electron chi connectivity index (χ2n) is 4.14. The van der Waals surface area contributed by atoms with E-state index in [1.165, 1.54) is 0 Å². The number of hydrogen-bond acceptors (Lipinski definition) is 4. The summed E-state index contributed by atoms with van der Waals surface area (Å²) in [7, 11) is 0. The Morgan fingerprint density at radius 2 is 2.15 bits per heavy atom. The highest BCUT2D eigenvalue weighted by Crippen LogP contribution is 2.09. The van der Waals surface area contributed by atoms with Crippen molar-refractivity contribution in [2.75, 3.05) is 0 Å². The molecule has 0 aliphatic heterocycles. The molecule has 0 aliphatic carbocycles. The van der Waals surface area contributed by atoms with E-state index in [2.05, 4.69) is 15.3 Å². The van der Waals surface area contributed by atoms with Crippen molar-refractivity contribution in [3.63, 3.8) is 0 Å². The van der Waals surface area contributed by atoms with E-state index in [4.69, 9.17) is 10.00 Å². The number of aliphatic imine (C=N–C) groups is 1. The van der Waals surface area contributed by atoms with Gasteiger partial charge < -0.3 is 4.74 Å². The summed E-state index contributed by atoms with van der Waals surface area (Å²) in [6.07, 6.45) is 5.33. The Hall–Kier alpha value is -2.87. The first-order chi connectivity index (χ1) is 9.78. The highest BCUT2D eigenvalue weighted by Gasteiger charge is 2.02. The van der Waals surface area contributed by atoms with Gasteiger partial charge in [-0.1, -0.05) is 24.3 Å². The molecule has 2 rings (SSSR count). The number of nitrogens with zero attached hydrogens (tertiary/aromatic N) is 3. The van der Waals surface area contributed by atoms with E-state index in [0.717, 1.165) is 11.1 Å². The van der Waals surface area contributed by atoms with E-state index < -0.39 is 0 Å². The summed E-state index contributed by atoms with van der Waals surface area (Å²) in [6, 6.07) is 11.3. The fraction of sp³-hybridized carbons (Fsp3) is 0.133. The van der Waals surface area contributed by atoms with Gasteiger partial charge in [0.05, 0.1) is 6.54 Å². The van der Waals surface area contributed by atoms with Crippen LogP contribution < -0.4 is 10.1 Å². The number of nitriles is 1. The summed E-state index contributed by atoms with van der Waals surface area (Å²) in [5, 5.41) is 11.2. The first-order valence-corrected chi connectivity index (χ1v) is 6.11. The second-order valence-corrected chi connectivity index (χ2v) is 4.14. The molecule has 0 radical (unpaired) electrons. The number of nitrogens with one attached hydrogen (secondary N) is 1. The molecule has 1 aromatic heterocycles. The first-order valence-electron chi connectivity index (χ1n) is 6.11. The zero-order chi connectivity index (χ0) is 14.2. The van der Waals surface area contributed by atoms with Crippen LogP contribution in [0.3, 0.4) is 0 Å². The molecule has 5 heteroatoms. The zero-order valence-electron chi connectivity index (χ0n) is 11.1. The van der Waals surface area contributed by atoms with Crippen LogP contribution in [0.4, 0.5) is 0 Å². The molecule has 0 aliphatic rings. The van der Waals surface area contributed by atoms with Crippen LogP contribution in [0.1, 0.15) is 11.1 Å². The fourth-order valence-electron chi connectivity index (χ4n) is 1.61. The number of aromatic nitrogens is 1. The lowest BCUT2D eigenvalue weighted by Gasteiger charge is -2.06. The third-order valence-corrected chi connectivity index (χ3v) is 2.46. The van der Waals surface area contributed by atoms with E-state index >= 15 is 0 Å². The smallest absolute Gasteiger partial charge is 0.304 e. The van der Waals surface area contributed by atoms with Crippen molar-refractivity contribution in [2.24, 2.45) is 4.99 Å². The van der Waals surface area contributed by atoms with Crippen LogP contribution in [0, 0.1) is 18.4 Å². The molecule has 0 bridgehead atoms. The van der Waals surface area contributed by atoms with Crippen LogP contribution in [-0.2, 0) is 6.54 Å². The van der Waals surface area contributed by atoms with Crippen LogP contribution in [0.25, 0.3) is 0 Å². The normalized spacial score (nSPS) is 10.7. The van der Waals surface area contributed by atoms with Crippen molar-refractivity contribution in [3.8, 4) is 11.9 Å². The maximum atomic E-state index is 8.72. The minimum Gasteiger partial charge on any atom is -0.425 e. The summed E-state index contributed by atoms with van der Waals surface area (Å²) >= 11 is 0. The summed E-state index contributed by atoms with van der Waals surface area (Å²) in [4.78, 5) is 8.34. The number of pyridine rings is 1. The third-order valence-electron chi connectivity index (χ3n) is 2.46. The molecular weight excluding hydrogens is 252 g/mol. The molecule has 0 saturated carbocycles. The third kappa shape index (κ3) is 4.10. The predicted molar refractivity (Wildman–Crippen MR) is 75.9 cm³/mol. The summed E-state index contributed by atoms with van der Waals surface area (Å²) in [5.41, 5.74) is 2.02. The number of rotatable bonds is 3. The quantitative estimate of drug-likeness (QED) is 0.401. The Morgan fingerprint density at radius 1 is 1.35 bits per heavy atom. The highest BCUT2D eigenvalue weighted by atomic mass is 16.5. The number of ether oxygens (including phenoxy) is 1. The van der Waals surface area contributed by atoms with Gasteiger partial charge in [0.15, 0.2) is 6.19 Å². The Kier molecular flexibility index (Phi) is 4.68. The molecule has 0 fully saturated rings. The zero-order valence-corrected chi connectivity index (χ0v) is 11.1. The molecule has 1 aromatic carbocycles.